The van der Waals surface area contributed by atoms with Gasteiger partial charge < -0.3 is 4.90 Å². The van der Waals surface area contributed by atoms with E-state index in [1.807, 2.05) is 24.3 Å². The molecule has 0 unspecified atom stereocenters. The van der Waals surface area contributed by atoms with E-state index < -0.39 is 0 Å². The van der Waals surface area contributed by atoms with Crippen molar-refractivity contribution in [3.8, 4) is 0 Å². The number of anilines is 1. The van der Waals surface area contributed by atoms with Gasteiger partial charge in [-0.25, -0.2) is 0 Å². The highest BCUT2D eigenvalue weighted by molar-refractivity contribution is 5.84. The maximum absolute atomic E-state index is 10.9. The molecule has 0 atom stereocenters. The second-order valence-corrected chi connectivity index (χ2v) is 3.76. The monoisotopic (exact) mass is 205 g/mol. The molecule has 0 N–H and O–H groups in total. The van der Waals surface area contributed by atoms with Crippen LogP contribution in [0.5, 0.6) is 0 Å². The number of hydrogen-bond acceptors (Lipinski definition) is 2. The summed E-state index contributed by atoms with van der Waals surface area (Å²) in [5.74, 6) is 0. The van der Waals surface area contributed by atoms with Crippen LogP contribution in [0.2, 0.25) is 0 Å². The van der Waals surface area contributed by atoms with Gasteiger partial charge in [-0.1, -0.05) is 26.0 Å². The molecule has 0 spiro atoms. The van der Waals surface area contributed by atoms with Crippen molar-refractivity contribution < 1.29 is 4.79 Å². The van der Waals surface area contributed by atoms with E-state index in [4.69, 9.17) is 0 Å². The van der Waals surface area contributed by atoms with Crippen LogP contribution in [0.4, 0.5) is 5.69 Å². The van der Waals surface area contributed by atoms with Gasteiger partial charge in [-0.3, -0.25) is 4.79 Å². The van der Waals surface area contributed by atoms with Gasteiger partial charge in [0.2, 0.25) is 0 Å². The summed E-state index contributed by atoms with van der Waals surface area (Å²) < 4.78 is 0. The number of carbonyl (C=O) groups excluding carboxylic acids is 1. The van der Waals surface area contributed by atoms with Crippen LogP contribution in [0.15, 0.2) is 24.3 Å². The van der Waals surface area contributed by atoms with Gasteiger partial charge >= 0.3 is 0 Å². The summed E-state index contributed by atoms with van der Waals surface area (Å²) in [6.07, 6.45) is 3.12. The molecule has 0 bridgehead atoms. The zero-order chi connectivity index (χ0) is 11.3. The number of hydrogen-bond donors (Lipinski definition) is 0. The fourth-order valence-electron chi connectivity index (χ4n) is 1.94. The van der Waals surface area contributed by atoms with Gasteiger partial charge in [0.05, 0.1) is 0 Å². The molecule has 0 amide bonds. The minimum absolute atomic E-state index is 0.506. The van der Waals surface area contributed by atoms with E-state index in [2.05, 4.69) is 25.8 Å². The molecule has 0 radical (unpaired) electrons. The van der Waals surface area contributed by atoms with E-state index in [1.165, 1.54) is 0 Å². The molecule has 2 nitrogen and oxygen atoms in total. The van der Waals surface area contributed by atoms with E-state index in [1.54, 1.807) is 0 Å². The highest BCUT2D eigenvalue weighted by Gasteiger charge is 2.13. The third kappa shape index (κ3) is 2.58. The number of rotatable bonds is 5. The second kappa shape index (κ2) is 5.54. The van der Waals surface area contributed by atoms with Crippen LogP contribution in [-0.4, -0.2) is 19.4 Å². The number of nitrogens with zero attached hydrogens (tertiary/aromatic N) is 1. The van der Waals surface area contributed by atoms with Crippen molar-refractivity contribution in [1.29, 1.82) is 0 Å². The van der Waals surface area contributed by atoms with Crippen LogP contribution in [-0.2, 0) is 0 Å². The zero-order valence-corrected chi connectivity index (χ0v) is 9.73. The van der Waals surface area contributed by atoms with Crippen molar-refractivity contribution >= 4 is 12.0 Å². The van der Waals surface area contributed by atoms with E-state index in [0.717, 1.165) is 30.4 Å². The predicted molar refractivity (Wildman–Crippen MR) is 64.6 cm³/mol. The number of carbonyl (C=O) groups is 1. The normalized spacial score (nSPS) is 10.4. The van der Waals surface area contributed by atoms with Crippen LogP contribution in [0.25, 0.3) is 0 Å². The molecule has 2 heteroatoms. The molecule has 0 aromatic heterocycles. The number of para-hydroxylation sites is 1. The third-order valence-corrected chi connectivity index (χ3v) is 2.93. The summed E-state index contributed by atoms with van der Waals surface area (Å²) in [6, 6.07) is 8.24. The minimum atomic E-state index is 0.506. The SMILES string of the molecule is CCC(CC)N(C)c1ccccc1C=O. The quantitative estimate of drug-likeness (QED) is 0.688. The van der Waals surface area contributed by atoms with Gasteiger partial charge in [0.15, 0.2) is 6.29 Å². The van der Waals surface area contributed by atoms with Gasteiger partial charge in [-0.05, 0) is 25.0 Å². The molecule has 82 valence electrons. The molecule has 0 saturated carbocycles. The highest BCUT2D eigenvalue weighted by atomic mass is 16.1. The Morgan fingerprint density at radius 3 is 2.40 bits per heavy atom. The summed E-state index contributed by atoms with van der Waals surface area (Å²) in [5, 5.41) is 0. The maximum atomic E-state index is 10.9. The zero-order valence-electron chi connectivity index (χ0n) is 9.73. The molecule has 1 aromatic carbocycles. The van der Waals surface area contributed by atoms with Gasteiger partial charge in [-0.2, -0.15) is 0 Å². The largest absolute Gasteiger partial charge is 0.371 e. The number of benzene rings is 1. The van der Waals surface area contributed by atoms with Crippen LogP contribution in [0, 0.1) is 0 Å². The van der Waals surface area contributed by atoms with Crippen molar-refractivity contribution in [2.75, 3.05) is 11.9 Å². The van der Waals surface area contributed by atoms with E-state index in [0.29, 0.717) is 6.04 Å². The lowest BCUT2D eigenvalue weighted by molar-refractivity contribution is 0.112. The van der Waals surface area contributed by atoms with Crippen molar-refractivity contribution in [2.45, 2.75) is 32.7 Å². The Bertz CT molecular complexity index is 318. The maximum Gasteiger partial charge on any atom is 0.152 e. The van der Waals surface area contributed by atoms with Crippen molar-refractivity contribution in [3.63, 3.8) is 0 Å². The molecule has 1 rings (SSSR count). The van der Waals surface area contributed by atoms with Crippen LogP contribution >= 0.6 is 0 Å². The minimum Gasteiger partial charge on any atom is -0.371 e. The summed E-state index contributed by atoms with van der Waals surface area (Å²) in [4.78, 5) is 13.1. The Morgan fingerprint density at radius 1 is 1.27 bits per heavy atom. The first-order valence-corrected chi connectivity index (χ1v) is 5.51. The first kappa shape index (κ1) is 11.8. The third-order valence-electron chi connectivity index (χ3n) is 2.93. The summed E-state index contributed by atoms with van der Waals surface area (Å²) in [7, 11) is 2.06. The standard InChI is InChI=1S/C13H19NO/c1-4-12(5-2)14(3)13-9-7-6-8-11(13)10-15/h6-10,12H,4-5H2,1-3H3. The summed E-state index contributed by atoms with van der Waals surface area (Å²) >= 11 is 0. The average Bonchev–Trinajstić information content (AvgIpc) is 2.30. The van der Waals surface area contributed by atoms with E-state index in [9.17, 15) is 4.79 Å². The van der Waals surface area contributed by atoms with Crippen LogP contribution < -0.4 is 4.90 Å². The molecule has 15 heavy (non-hydrogen) atoms. The molecular weight excluding hydrogens is 186 g/mol. The molecule has 0 saturated heterocycles. The van der Waals surface area contributed by atoms with Gasteiger partial charge in [0.1, 0.15) is 0 Å². The summed E-state index contributed by atoms with van der Waals surface area (Å²) in [5.41, 5.74) is 1.80. The second-order valence-electron chi connectivity index (χ2n) is 3.76. The first-order chi connectivity index (χ1) is 7.24. The molecule has 0 aliphatic carbocycles. The van der Waals surface area contributed by atoms with E-state index >= 15 is 0 Å². The predicted octanol–water partition coefficient (Wildman–Crippen LogP) is 3.12. The molecule has 0 fully saturated rings. The van der Waals surface area contributed by atoms with Gasteiger partial charge in [-0.15, -0.1) is 0 Å². The lowest BCUT2D eigenvalue weighted by Crippen LogP contribution is -2.31. The Labute approximate surface area is 91.9 Å². The fourth-order valence-corrected chi connectivity index (χ4v) is 1.94. The topological polar surface area (TPSA) is 20.3 Å². The molecular formula is C13H19NO. The molecule has 0 heterocycles. The molecule has 0 aliphatic rings. The van der Waals surface area contributed by atoms with Crippen LogP contribution in [0.1, 0.15) is 37.0 Å². The van der Waals surface area contributed by atoms with Crippen LogP contribution in [0.3, 0.4) is 0 Å². The average molecular weight is 205 g/mol. The Morgan fingerprint density at radius 2 is 1.87 bits per heavy atom. The van der Waals surface area contributed by atoms with Crippen molar-refractivity contribution in [1.82, 2.24) is 0 Å². The fraction of sp³-hybridized carbons (Fsp3) is 0.462. The van der Waals surface area contributed by atoms with Gasteiger partial charge in [0.25, 0.3) is 0 Å². The molecule has 1 aromatic rings. The van der Waals surface area contributed by atoms with Crippen molar-refractivity contribution in [2.24, 2.45) is 0 Å². The lowest BCUT2D eigenvalue weighted by Gasteiger charge is -2.29. The van der Waals surface area contributed by atoms with E-state index in [-0.39, 0.29) is 0 Å². The smallest absolute Gasteiger partial charge is 0.152 e. The number of aldehydes is 1. The molecule has 0 aliphatic heterocycles. The Hall–Kier alpha value is -1.31. The summed E-state index contributed by atoms with van der Waals surface area (Å²) in [6.45, 7) is 4.35. The lowest BCUT2D eigenvalue weighted by atomic mass is 10.1. The Kier molecular flexibility index (Phi) is 4.35. The van der Waals surface area contributed by atoms with Crippen molar-refractivity contribution in [3.05, 3.63) is 29.8 Å². The first-order valence-electron chi connectivity index (χ1n) is 5.51. The highest BCUT2D eigenvalue weighted by Crippen LogP contribution is 2.21. The Balaban J connectivity index is 2.98. The van der Waals surface area contributed by atoms with Gasteiger partial charge in [0, 0.05) is 24.3 Å².